The van der Waals surface area contributed by atoms with Gasteiger partial charge in [-0.2, -0.15) is 10.2 Å². The van der Waals surface area contributed by atoms with Crippen LogP contribution in [0.15, 0.2) is 84.9 Å². The molecule has 3 aromatic carbocycles. The summed E-state index contributed by atoms with van der Waals surface area (Å²) < 4.78 is 5.99. The summed E-state index contributed by atoms with van der Waals surface area (Å²) >= 11 is 12.3. The van der Waals surface area contributed by atoms with E-state index in [0.29, 0.717) is 27.0 Å². The van der Waals surface area contributed by atoms with Crippen LogP contribution in [-0.4, -0.2) is 4.98 Å². The summed E-state index contributed by atoms with van der Waals surface area (Å²) in [6, 6.07) is 26.5. The average Bonchev–Trinajstić information content (AvgIpc) is 2.85. The predicted octanol–water partition coefficient (Wildman–Crippen LogP) is 7.41. The van der Waals surface area contributed by atoms with E-state index in [-0.39, 0.29) is 17.3 Å². The molecule has 0 aliphatic carbocycles. The number of nitriles is 1. The van der Waals surface area contributed by atoms with Crippen LogP contribution in [-0.2, 0) is 5.54 Å². The van der Waals surface area contributed by atoms with Crippen LogP contribution in [0.1, 0.15) is 29.2 Å². The number of benzene rings is 3. The van der Waals surface area contributed by atoms with Crippen molar-refractivity contribution in [3.8, 4) is 17.7 Å². The molecule has 0 saturated heterocycles. The van der Waals surface area contributed by atoms with Crippen LogP contribution in [0.3, 0.4) is 0 Å². The van der Waals surface area contributed by atoms with Gasteiger partial charge in [-0.1, -0.05) is 65.7 Å². The summed E-state index contributed by atoms with van der Waals surface area (Å²) in [7, 11) is 0. The molecule has 4 aromatic rings. The number of nitrogens with two attached hydrogens (primary N) is 1. The van der Waals surface area contributed by atoms with Gasteiger partial charge in [-0.25, -0.2) is 0 Å². The van der Waals surface area contributed by atoms with Crippen LogP contribution in [0.4, 0.5) is 11.5 Å². The maximum atomic E-state index is 10.2. The molecule has 1 aromatic heterocycles. The van der Waals surface area contributed by atoms with Crippen molar-refractivity contribution in [3.05, 3.63) is 117 Å². The number of rotatable bonds is 4. The van der Waals surface area contributed by atoms with Crippen LogP contribution in [0, 0.1) is 11.3 Å². The third-order valence-corrected chi connectivity index (χ3v) is 6.45. The molecule has 3 N–H and O–H groups in total. The molecular weight excluding hydrogens is 479 g/mol. The van der Waals surface area contributed by atoms with Gasteiger partial charge in [-0.05, 0) is 66.1 Å². The molecule has 0 bridgehead atoms. The quantitative estimate of drug-likeness (QED) is 0.306. The van der Waals surface area contributed by atoms with Crippen molar-refractivity contribution in [2.75, 3.05) is 11.1 Å². The van der Waals surface area contributed by atoms with Gasteiger partial charge in [-0.3, -0.25) is 0 Å². The van der Waals surface area contributed by atoms with Crippen LogP contribution in [0.5, 0.6) is 11.6 Å². The first kappa shape index (κ1) is 22.8. The molecular formula is C28H20Cl2N4O. The molecule has 172 valence electrons. The van der Waals surface area contributed by atoms with E-state index in [1.165, 1.54) is 0 Å². The molecule has 1 aliphatic heterocycles. The maximum Gasteiger partial charge on any atom is 0.241 e. The standard InChI is InChI=1S/C28H20Cl2N4O/c1-28(18-9-13-20(30)14-10-18)15-22(17-7-11-19(29)12-8-17)24-25(34-28)23(16-31)27(33-26(24)32)35-21-5-3-2-4-6-21/h2-15,34H,1H3,(H2,32,33)/t28-/m0/s1. The Bertz CT molecular complexity index is 1480. The molecule has 5 nitrogen and oxygen atoms in total. The van der Waals surface area contributed by atoms with Gasteiger partial charge in [-0.15, -0.1) is 0 Å². The first-order valence-electron chi connectivity index (χ1n) is 10.9. The zero-order valence-electron chi connectivity index (χ0n) is 18.7. The summed E-state index contributed by atoms with van der Waals surface area (Å²) in [5.41, 5.74) is 9.95. The van der Waals surface area contributed by atoms with E-state index in [4.69, 9.17) is 33.7 Å². The van der Waals surface area contributed by atoms with E-state index in [0.717, 1.165) is 16.7 Å². The van der Waals surface area contributed by atoms with Crippen molar-refractivity contribution in [1.29, 1.82) is 5.26 Å². The second-order valence-electron chi connectivity index (χ2n) is 8.35. The Morgan fingerprint density at radius 2 is 1.57 bits per heavy atom. The first-order valence-corrected chi connectivity index (χ1v) is 11.6. The number of pyridine rings is 1. The highest BCUT2D eigenvalue weighted by Gasteiger charge is 2.35. The summed E-state index contributed by atoms with van der Waals surface area (Å²) in [6.07, 6.45) is 2.08. The molecule has 5 rings (SSSR count). The van der Waals surface area contributed by atoms with Gasteiger partial charge in [0.2, 0.25) is 5.88 Å². The molecule has 35 heavy (non-hydrogen) atoms. The molecule has 0 fully saturated rings. The van der Waals surface area contributed by atoms with E-state index in [2.05, 4.69) is 22.4 Å². The number of fused-ring (bicyclic) bond motifs is 1. The van der Waals surface area contributed by atoms with Gasteiger partial charge < -0.3 is 15.8 Å². The SMILES string of the molecule is C[C@@]1(c2ccc(Cl)cc2)C=C(c2ccc(Cl)cc2)c2c(N)nc(Oc3ccccc3)c(C#N)c2N1. The second kappa shape index (κ2) is 8.99. The first-order chi connectivity index (χ1) is 16.9. The summed E-state index contributed by atoms with van der Waals surface area (Å²) in [6.45, 7) is 2.03. The molecule has 1 aliphatic rings. The highest BCUT2D eigenvalue weighted by Crippen LogP contribution is 2.47. The molecule has 0 radical (unpaired) electrons. The molecule has 2 heterocycles. The van der Waals surface area contributed by atoms with Crippen LogP contribution in [0.25, 0.3) is 5.57 Å². The zero-order valence-corrected chi connectivity index (χ0v) is 20.2. The number of anilines is 2. The van der Waals surface area contributed by atoms with Crippen LogP contribution in [0.2, 0.25) is 10.0 Å². The number of ether oxygens (including phenoxy) is 1. The number of aromatic nitrogens is 1. The van der Waals surface area contributed by atoms with E-state index >= 15 is 0 Å². The monoisotopic (exact) mass is 498 g/mol. The molecule has 0 unspecified atom stereocenters. The van der Waals surface area contributed by atoms with Crippen molar-refractivity contribution < 1.29 is 4.74 Å². The third kappa shape index (κ3) is 4.30. The summed E-state index contributed by atoms with van der Waals surface area (Å²) in [5, 5.41) is 15.0. The number of para-hydroxylation sites is 1. The molecule has 1 atom stereocenters. The van der Waals surface area contributed by atoms with Crippen molar-refractivity contribution in [3.63, 3.8) is 0 Å². The molecule has 0 spiro atoms. The lowest BCUT2D eigenvalue weighted by Crippen LogP contribution is -2.34. The van der Waals surface area contributed by atoms with Gasteiger partial charge >= 0.3 is 0 Å². The van der Waals surface area contributed by atoms with E-state index in [1.54, 1.807) is 12.1 Å². The smallest absolute Gasteiger partial charge is 0.241 e. The van der Waals surface area contributed by atoms with Gasteiger partial charge in [0.25, 0.3) is 0 Å². The van der Waals surface area contributed by atoms with Gasteiger partial charge in [0.05, 0.1) is 11.2 Å². The Labute approximate surface area is 213 Å². The lowest BCUT2D eigenvalue weighted by atomic mass is 9.81. The van der Waals surface area contributed by atoms with E-state index < -0.39 is 5.54 Å². The Hall–Kier alpha value is -3.98. The third-order valence-electron chi connectivity index (χ3n) is 5.95. The topological polar surface area (TPSA) is 84.0 Å². The van der Waals surface area contributed by atoms with E-state index in [1.807, 2.05) is 73.7 Å². The fourth-order valence-corrected chi connectivity index (χ4v) is 4.47. The van der Waals surface area contributed by atoms with Gasteiger partial charge in [0.15, 0.2) is 0 Å². The number of nitrogens with zero attached hydrogens (tertiary/aromatic N) is 2. The zero-order chi connectivity index (χ0) is 24.6. The van der Waals surface area contributed by atoms with Gasteiger partial charge in [0, 0.05) is 15.6 Å². The molecule has 7 heteroatoms. The Morgan fingerprint density at radius 3 is 2.20 bits per heavy atom. The summed E-state index contributed by atoms with van der Waals surface area (Å²) in [4.78, 5) is 4.49. The normalized spacial score (nSPS) is 16.5. The number of nitrogens with one attached hydrogen (secondary N) is 1. The van der Waals surface area contributed by atoms with Crippen molar-refractivity contribution in [2.24, 2.45) is 0 Å². The Kier molecular flexibility index (Phi) is 5.86. The molecule has 0 amide bonds. The minimum atomic E-state index is -0.685. The molecule has 0 saturated carbocycles. The number of hydrogen-bond donors (Lipinski definition) is 2. The van der Waals surface area contributed by atoms with Gasteiger partial charge in [0.1, 0.15) is 23.2 Å². The fraction of sp³-hybridized carbons (Fsp3) is 0.0714. The number of halogens is 2. The largest absolute Gasteiger partial charge is 0.438 e. The lowest BCUT2D eigenvalue weighted by Gasteiger charge is -2.37. The van der Waals surface area contributed by atoms with Crippen LogP contribution < -0.4 is 15.8 Å². The second-order valence-corrected chi connectivity index (χ2v) is 9.23. The average molecular weight is 499 g/mol. The Balaban J connectivity index is 1.74. The predicted molar refractivity (Wildman–Crippen MR) is 141 cm³/mol. The van der Waals surface area contributed by atoms with Crippen molar-refractivity contribution in [2.45, 2.75) is 12.5 Å². The minimum absolute atomic E-state index is 0.137. The number of hydrogen-bond acceptors (Lipinski definition) is 5. The Morgan fingerprint density at radius 1 is 0.943 bits per heavy atom. The minimum Gasteiger partial charge on any atom is -0.438 e. The fourth-order valence-electron chi connectivity index (χ4n) is 4.22. The van der Waals surface area contributed by atoms with Crippen molar-refractivity contribution in [1.82, 2.24) is 4.98 Å². The maximum absolute atomic E-state index is 10.2. The van der Waals surface area contributed by atoms with E-state index in [9.17, 15) is 5.26 Å². The highest BCUT2D eigenvalue weighted by molar-refractivity contribution is 6.30. The lowest BCUT2D eigenvalue weighted by molar-refractivity contribution is 0.462. The summed E-state index contributed by atoms with van der Waals surface area (Å²) in [5.74, 6) is 0.940. The highest BCUT2D eigenvalue weighted by atomic mass is 35.5. The van der Waals surface area contributed by atoms with Crippen LogP contribution >= 0.6 is 23.2 Å². The number of nitrogen functional groups attached to an aromatic ring is 1. The van der Waals surface area contributed by atoms with Crippen molar-refractivity contribution >= 4 is 40.3 Å².